The number of rotatable bonds is 4. The van der Waals surface area contributed by atoms with Crippen LogP contribution in [0.4, 0.5) is 0 Å². The summed E-state index contributed by atoms with van der Waals surface area (Å²) in [4.78, 5) is 27.8. The topological polar surface area (TPSA) is 99.3 Å². The van der Waals surface area contributed by atoms with Crippen molar-refractivity contribution in [2.45, 2.75) is 62.3 Å². The third kappa shape index (κ3) is 4.23. The van der Waals surface area contributed by atoms with Crippen LogP contribution in [0.2, 0.25) is 0 Å². The first-order valence-corrected chi connectivity index (χ1v) is 11.9. The fourth-order valence-corrected chi connectivity index (χ4v) is 5.89. The van der Waals surface area contributed by atoms with E-state index in [1.54, 1.807) is 6.07 Å². The van der Waals surface area contributed by atoms with Gasteiger partial charge in [-0.1, -0.05) is 25.7 Å². The summed E-state index contributed by atoms with van der Waals surface area (Å²) in [6, 6.07) is 5.96. The number of carbonyl (C=O) groups excluding carboxylic acids is 1. The van der Waals surface area contributed by atoms with Gasteiger partial charge in [-0.25, -0.2) is 8.42 Å². The highest BCUT2D eigenvalue weighted by Crippen LogP contribution is 2.25. The predicted octanol–water partition coefficient (Wildman–Crippen LogP) is 2.77. The van der Waals surface area contributed by atoms with Gasteiger partial charge in [0.15, 0.2) is 0 Å². The zero-order chi connectivity index (χ0) is 20.4. The zero-order valence-corrected chi connectivity index (χ0v) is 17.3. The molecule has 2 aliphatic rings. The summed E-state index contributed by atoms with van der Waals surface area (Å²) >= 11 is 0. The molecule has 2 N–H and O–H groups in total. The number of amides is 1. The van der Waals surface area contributed by atoms with Gasteiger partial charge in [0.1, 0.15) is 0 Å². The number of hydrogen-bond acceptors (Lipinski definition) is 4. The molecule has 2 aromatic rings. The lowest BCUT2D eigenvalue weighted by molar-refractivity contribution is 0.0929. The Morgan fingerprint density at radius 2 is 1.69 bits per heavy atom. The van der Waals surface area contributed by atoms with Crippen LogP contribution in [-0.2, 0) is 10.0 Å². The number of nitrogens with one attached hydrogen (secondary N) is 2. The average molecular weight is 418 g/mol. The number of nitrogens with zero attached hydrogens (tertiary/aromatic N) is 1. The molecule has 1 aliphatic carbocycles. The van der Waals surface area contributed by atoms with Gasteiger partial charge in [0, 0.05) is 36.1 Å². The van der Waals surface area contributed by atoms with Crippen molar-refractivity contribution in [1.29, 1.82) is 0 Å². The molecule has 4 rings (SSSR count). The van der Waals surface area contributed by atoms with Crippen LogP contribution in [-0.4, -0.2) is 42.7 Å². The van der Waals surface area contributed by atoms with Crippen LogP contribution in [0.5, 0.6) is 0 Å². The van der Waals surface area contributed by atoms with Crippen LogP contribution in [0.25, 0.3) is 10.9 Å². The number of piperidine rings is 1. The Bertz CT molecular complexity index is 1070. The summed E-state index contributed by atoms with van der Waals surface area (Å²) in [5.74, 6) is -0.319. The number of pyridine rings is 1. The van der Waals surface area contributed by atoms with E-state index in [-0.39, 0.29) is 28.0 Å². The van der Waals surface area contributed by atoms with Crippen molar-refractivity contribution in [3.8, 4) is 0 Å². The Balaban J connectivity index is 1.71. The minimum absolute atomic E-state index is 0.103. The van der Waals surface area contributed by atoms with E-state index in [0.29, 0.717) is 24.0 Å². The highest BCUT2D eigenvalue weighted by Gasteiger charge is 2.27. The van der Waals surface area contributed by atoms with E-state index < -0.39 is 10.0 Å². The molecule has 2 fully saturated rings. The molecule has 29 heavy (non-hydrogen) atoms. The van der Waals surface area contributed by atoms with E-state index in [1.165, 1.54) is 28.9 Å². The van der Waals surface area contributed by atoms with Crippen LogP contribution in [0, 0.1) is 0 Å². The second-order valence-electron chi connectivity index (χ2n) is 8.03. The van der Waals surface area contributed by atoms with Crippen LogP contribution in [0.15, 0.2) is 34.0 Å². The number of hydrogen-bond donors (Lipinski definition) is 2. The van der Waals surface area contributed by atoms with E-state index >= 15 is 0 Å². The number of carbonyl (C=O) groups is 1. The van der Waals surface area contributed by atoms with Gasteiger partial charge >= 0.3 is 0 Å². The molecule has 0 spiro atoms. The number of H-pyrrole nitrogens is 1. The molecule has 2 heterocycles. The summed E-state index contributed by atoms with van der Waals surface area (Å²) in [6.07, 6.45) is 7.96. The van der Waals surface area contributed by atoms with Gasteiger partial charge in [0.2, 0.25) is 15.6 Å². The van der Waals surface area contributed by atoms with E-state index in [1.807, 2.05) is 0 Å². The van der Waals surface area contributed by atoms with Gasteiger partial charge in [-0.3, -0.25) is 9.59 Å². The summed E-state index contributed by atoms with van der Waals surface area (Å²) < 4.78 is 27.6. The molecule has 1 aromatic carbocycles. The molecule has 0 radical (unpaired) electrons. The van der Waals surface area contributed by atoms with Crippen LogP contribution in [0.3, 0.4) is 0 Å². The van der Waals surface area contributed by atoms with E-state index in [2.05, 4.69) is 10.3 Å². The second kappa shape index (κ2) is 8.28. The first kappa shape index (κ1) is 20.1. The van der Waals surface area contributed by atoms with Crippen molar-refractivity contribution >= 4 is 26.8 Å². The molecule has 1 saturated heterocycles. The fourth-order valence-electron chi connectivity index (χ4n) is 4.35. The van der Waals surface area contributed by atoms with Crippen molar-refractivity contribution in [2.75, 3.05) is 13.1 Å². The summed E-state index contributed by atoms with van der Waals surface area (Å²) in [7, 11) is -3.62. The molecular formula is C21H27N3O4S. The lowest BCUT2D eigenvalue weighted by atomic mass is 9.95. The lowest BCUT2D eigenvalue weighted by Gasteiger charge is -2.26. The maximum Gasteiger partial charge on any atom is 0.252 e. The van der Waals surface area contributed by atoms with Gasteiger partial charge in [0.25, 0.3) is 5.91 Å². The van der Waals surface area contributed by atoms with Crippen LogP contribution >= 0.6 is 0 Å². The predicted molar refractivity (Wildman–Crippen MR) is 112 cm³/mol. The first-order chi connectivity index (χ1) is 13.9. The standard InChI is InChI=1S/C21H27N3O4S/c25-20-14-18(21(26)22-15-7-3-1-4-8-15)17-13-16(9-10-19(17)23-20)29(27,28)24-11-5-2-6-12-24/h9-10,13-15H,1-8,11-12H2,(H,22,26)(H,23,25). The van der Waals surface area contributed by atoms with E-state index in [4.69, 9.17) is 0 Å². The van der Waals surface area contributed by atoms with Crippen molar-refractivity contribution in [3.05, 3.63) is 40.2 Å². The third-order valence-electron chi connectivity index (χ3n) is 5.95. The maximum atomic E-state index is 13.0. The van der Waals surface area contributed by atoms with Crippen molar-refractivity contribution < 1.29 is 13.2 Å². The van der Waals surface area contributed by atoms with Gasteiger partial charge < -0.3 is 10.3 Å². The van der Waals surface area contributed by atoms with Gasteiger partial charge in [0.05, 0.1) is 10.5 Å². The van der Waals surface area contributed by atoms with Gasteiger partial charge in [-0.15, -0.1) is 0 Å². The second-order valence-corrected chi connectivity index (χ2v) is 9.97. The van der Waals surface area contributed by atoms with Crippen molar-refractivity contribution in [1.82, 2.24) is 14.6 Å². The highest BCUT2D eigenvalue weighted by atomic mass is 32.2. The highest BCUT2D eigenvalue weighted by molar-refractivity contribution is 7.89. The van der Waals surface area contributed by atoms with Crippen LogP contribution < -0.4 is 10.9 Å². The average Bonchev–Trinajstić information content (AvgIpc) is 2.74. The molecule has 156 valence electrons. The summed E-state index contributed by atoms with van der Waals surface area (Å²) in [6.45, 7) is 1.03. The number of aromatic amines is 1. The molecule has 7 nitrogen and oxygen atoms in total. The Labute approximate surface area is 170 Å². The molecule has 8 heteroatoms. The van der Waals surface area contributed by atoms with E-state index in [9.17, 15) is 18.0 Å². The number of benzene rings is 1. The van der Waals surface area contributed by atoms with E-state index in [0.717, 1.165) is 44.9 Å². The lowest BCUT2D eigenvalue weighted by Crippen LogP contribution is -2.37. The summed E-state index contributed by atoms with van der Waals surface area (Å²) in [5.41, 5.74) is 0.312. The Hall–Kier alpha value is -2.19. The minimum atomic E-state index is -3.62. The molecule has 0 unspecified atom stereocenters. The minimum Gasteiger partial charge on any atom is -0.349 e. The molecule has 1 aliphatic heterocycles. The molecule has 0 bridgehead atoms. The van der Waals surface area contributed by atoms with Crippen molar-refractivity contribution in [3.63, 3.8) is 0 Å². The van der Waals surface area contributed by atoms with Gasteiger partial charge in [-0.05, 0) is 43.9 Å². The zero-order valence-electron chi connectivity index (χ0n) is 16.4. The molecule has 1 saturated carbocycles. The largest absolute Gasteiger partial charge is 0.349 e. The molecular weight excluding hydrogens is 390 g/mol. The SMILES string of the molecule is O=C(NC1CCCCC1)c1cc(=O)[nH]c2ccc(S(=O)(=O)N3CCCCC3)cc12. The number of aromatic nitrogens is 1. The number of sulfonamides is 1. The maximum absolute atomic E-state index is 13.0. The van der Waals surface area contributed by atoms with Crippen molar-refractivity contribution in [2.24, 2.45) is 0 Å². The normalized spacial score (nSPS) is 19.3. The summed E-state index contributed by atoms with van der Waals surface area (Å²) in [5, 5.41) is 3.48. The molecule has 0 atom stereocenters. The Morgan fingerprint density at radius 3 is 2.41 bits per heavy atom. The molecule has 1 amide bonds. The fraction of sp³-hybridized carbons (Fsp3) is 0.524. The third-order valence-corrected chi connectivity index (χ3v) is 7.85. The molecule has 1 aromatic heterocycles. The monoisotopic (exact) mass is 417 g/mol. The van der Waals surface area contributed by atoms with Gasteiger partial charge in [-0.2, -0.15) is 4.31 Å². The smallest absolute Gasteiger partial charge is 0.252 e. The quantitative estimate of drug-likeness (QED) is 0.799. The Kier molecular flexibility index (Phi) is 5.74. The Morgan fingerprint density at radius 1 is 1.00 bits per heavy atom. The first-order valence-electron chi connectivity index (χ1n) is 10.4. The van der Waals surface area contributed by atoms with Crippen LogP contribution in [0.1, 0.15) is 61.7 Å². The number of fused-ring (bicyclic) bond motifs is 1.